The van der Waals surface area contributed by atoms with Gasteiger partial charge in [-0.25, -0.2) is 4.79 Å². The van der Waals surface area contributed by atoms with Crippen LogP contribution < -0.4 is 0 Å². The highest BCUT2D eigenvalue weighted by Crippen LogP contribution is 2.21. The van der Waals surface area contributed by atoms with Gasteiger partial charge in [0.05, 0.1) is 18.4 Å². The third kappa shape index (κ3) is 3.04. The van der Waals surface area contributed by atoms with E-state index in [1.54, 1.807) is 31.3 Å². The number of carboxylic acid groups (broad SMARTS) is 1. The minimum absolute atomic E-state index is 0.284. The molecule has 0 unspecified atom stereocenters. The van der Waals surface area contributed by atoms with Crippen LogP contribution in [0.2, 0.25) is 0 Å². The summed E-state index contributed by atoms with van der Waals surface area (Å²) in [5.41, 5.74) is 0.284. The first-order valence-electron chi connectivity index (χ1n) is 4.84. The van der Waals surface area contributed by atoms with Crippen LogP contribution in [0.4, 0.5) is 0 Å². The summed E-state index contributed by atoms with van der Waals surface area (Å²) >= 11 is 1.54. The molecule has 0 amide bonds. The molecule has 0 radical (unpaired) electrons. The van der Waals surface area contributed by atoms with Crippen LogP contribution in [0.15, 0.2) is 29.2 Å². The first-order valence-corrected chi connectivity index (χ1v) is 5.83. The zero-order chi connectivity index (χ0) is 12.3. The van der Waals surface area contributed by atoms with Crippen LogP contribution in [-0.4, -0.2) is 31.3 Å². The molecule has 0 saturated carbocycles. The molecule has 0 atom stereocenters. The summed E-state index contributed by atoms with van der Waals surface area (Å²) in [6.07, 6.45) is 0. The molecule has 0 aliphatic rings. The molecule has 2 aromatic rings. The lowest BCUT2D eigenvalue weighted by molar-refractivity contribution is 0.0697. The fourth-order valence-electron chi connectivity index (χ4n) is 1.22. The second-order valence-electron chi connectivity index (χ2n) is 3.31. The average Bonchev–Trinajstić information content (AvgIpc) is 2.73. The van der Waals surface area contributed by atoms with E-state index < -0.39 is 5.97 Å². The van der Waals surface area contributed by atoms with Gasteiger partial charge in [0.15, 0.2) is 5.82 Å². The van der Waals surface area contributed by atoms with Crippen LogP contribution in [0, 0.1) is 0 Å². The standard InChI is InChI=1S/C10H10N4O2S/c1-14-12-9(11-13-14)6-17-8-4-2-7(3-5-8)10(15)16/h2-5H,6H2,1H3,(H,15,16). The van der Waals surface area contributed by atoms with Gasteiger partial charge in [-0.15, -0.1) is 22.0 Å². The van der Waals surface area contributed by atoms with Crippen LogP contribution in [0.1, 0.15) is 16.2 Å². The molecule has 6 nitrogen and oxygen atoms in total. The maximum Gasteiger partial charge on any atom is 0.335 e. The second kappa shape index (κ2) is 4.96. The Bertz CT molecular complexity index is 523. The van der Waals surface area contributed by atoms with E-state index in [-0.39, 0.29) is 5.56 Å². The van der Waals surface area contributed by atoms with Gasteiger partial charge in [-0.3, -0.25) is 0 Å². The smallest absolute Gasteiger partial charge is 0.335 e. The quantitative estimate of drug-likeness (QED) is 0.821. The topological polar surface area (TPSA) is 80.9 Å². The minimum Gasteiger partial charge on any atom is -0.478 e. The van der Waals surface area contributed by atoms with Crippen LogP contribution in [0.25, 0.3) is 0 Å². The van der Waals surface area contributed by atoms with Crippen molar-refractivity contribution in [2.24, 2.45) is 7.05 Å². The predicted octanol–water partition coefficient (Wildman–Crippen LogP) is 1.20. The van der Waals surface area contributed by atoms with Crippen molar-refractivity contribution in [3.05, 3.63) is 35.7 Å². The average molecular weight is 250 g/mol. The van der Waals surface area contributed by atoms with Gasteiger partial charge in [-0.1, -0.05) is 0 Å². The zero-order valence-electron chi connectivity index (χ0n) is 9.07. The fraction of sp³-hybridized carbons (Fsp3) is 0.200. The Balaban J connectivity index is 1.97. The number of carbonyl (C=O) groups is 1. The summed E-state index contributed by atoms with van der Waals surface area (Å²) in [6, 6.07) is 6.69. The Morgan fingerprint density at radius 2 is 2.12 bits per heavy atom. The maximum atomic E-state index is 10.7. The number of tetrazole rings is 1. The van der Waals surface area contributed by atoms with Crippen LogP contribution in [0.3, 0.4) is 0 Å². The molecule has 1 N–H and O–H groups in total. The molecule has 0 aliphatic carbocycles. The molecular formula is C10H10N4O2S. The number of thioether (sulfide) groups is 1. The molecule has 88 valence electrons. The van der Waals surface area contributed by atoms with E-state index in [0.717, 1.165) is 4.90 Å². The number of aryl methyl sites for hydroxylation is 1. The van der Waals surface area contributed by atoms with Crippen molar-refractivity contribution in [1.29, 1.82) is 0 Å². The predicted molar refractivity (Wildman–Crippen MR) is 61.8 cm³/mol. The van der Waals surface area contributed by atoms with Crippen LogP contribution >= 0.6 is 11.8 Å². The van der Waals surface area contributed by atoms with Gasteiger partial charge in [0.25, 0.3) is 0 Å². The number of aromatic nitrogens is 4. The van der Waals surface area contributed by atoms with E-state index in [1.807, 2.05) is 0 Å². The summed E-state index contributed by atoms with van der Waals surface area (Å²) in [7, 11) is 1.71. The van der Waals surface area contributed by atoms with Gasteiger partial charge in [-0.05, 0) is 29.5 Å². The molecule has 7 heteroatoms. The molecule has 1 aromatic heterocycles. The number of aromatic carboxylic acids is 1. The maximum absolute atomic E-state index is 10.7. The number of hydrogen-bond acceptors (Lipinski definition) is 5. The Hall–Kier alpha value is -1.89. The second-order valence-corrected chi connectivity index (χ2v) is 4.36. The number of hydrogen-bond donors (Lipinski definition) is 1. The Morgan fingerprint density at radius 3 is 2.65 bits per heavy atom. The highest BCUT2D eigenvalue weighted by Gasteiger charge is 2.04. The van der Waals surface area contributed by atoms with Crippen molar-refractivity contribution in [1.82, 2.24) is 20.2 Å². The molecule has 0 spiro atoms. The van der Waals surface area contributed by atoms with Crippen molar-refractivity contribution >= 4 is 17.7 Å². The van der Waals surface area contributed by atoms with Crippen LogP contribution in [-0.2, 0) is 12.8 Å². The van der Waals surface area contributed by atoms with E-state index in [1.165, 1.54) is 16.6 Å². The lowest BCUT2D eigenvalue weighted by Gasteiger charge is -1.99. The molecule has 1 aromatic carbocycles. The SMILES string of the molecule is Cn1nnc(CSc2ccc(C(=O)O)cc2)n1. The molecule has 2 rings (SSSR count). The van der Waals surface area contributed by atoms with E-state index >= 15 is 0 Å². The van der Waals surface area contributed by atoms with E-state index in [4.69, 9.17) is 5.11 Å². The number of benzene rings is 1. The lowest BCUT2D eigenvalue weighted by Crippen LogP contribution is -1.95. The van der Waals surface area contributed by atoms with Gasteiger partial charge < -0.3 is 5.11 Å². The monoisotopic (exact) mass is 250 g/mol. The van der Waals surface area contributed by atoms with E-state index in [0.29, 0.717) is 11.6 Å². The molecule has 0 aliphatic heterocycles. The minimum atomic E-state index is -0.919. The fourth-order valence-corrected chi connectivity index (χ4v) is 1.96. The van der Waals surface area contributed by atoms with Crippen molar-refractivity contribution in [2.75, 3.05) is 0 Å². The third-order valence-electron chi connectivity index (χ3n) is 2.02. The highest BCUT2D eigenvalue weighted by atomic mass is 32.2. The normalized spacial score (nSPS) is 10.4. The third-order valence-corrected chi connectivity index (χ3v) is 3.03. The molecular weight excluding hydrogens is 240 g/mol. The van der Waals surface area contributed by atoms with Crippen LogP contribution in [0.5, 0.6) is 0 Å². The summed E-state index contributed by atoms with van der Waals surface area (Å²) in [4.78, 5) is 13.0. The molecule has 0 fully saturated rings. The number of nitrogens with zero attached hydrogens (tertiary/aromatic N) is 4. The summed E-state index contributed by atoms with van der Waals surface area (Å²) in [5, 5.41) is 20.4. The molecule has 17 heavy (non-hydrogen) atoms. The highest BCUT2D eigenvalue weighted by molar-refractivity contribution is 7.98. The van der Waals surface area contributed by atoms with Crippen molar-refractivity contribution in [3.8, 4) is 0 Å². The molecule has 0 bridgehead atoms. The zero-order valence-corrected chi connectivity index (χ0v) is 9.89. The lowest BCUT2D eigenvalue weighted by atomic mass is 10.2. The van der Waals surface area contributed by atoms with Gasteiger partial charge in [0.1, 0.15) is 0 Å². The van der Waals surface area contributed by atoms with Crippen molar-refractivity contribution in [3.63, 3.8) is 0 Å². The summed E-state index contributed by atoms with van der Waals surface area (Å²) in [5.74, 6) is 0.345. The molecule has 0 saturated heterocycles. The first-order chi connectivity index (χ1) is 8.15. The first kappa shape index (κ1) is 11.6. The Morgan fingerprint density at radius 1 is 1.41 bits per heavy atom. The van der Waals surface area contributed by atoms with Crippen molar-refractivity contribution in [2.45, 2.75) is 10.6 Å². The van der Waals surface area contributed by atoms with Gasteiger partial charge >= 0.3 is 5.97 Å². The number of rotatable bonds is 4. The number of carboxylic acids is 1. The largest absolute Gasteiger partial charge is 0.478 e. The van der Waals surface area contributed by atoms with Gasteiger partial charge in [-0.2, -0.15) is 4.80 Å². The van der Waals surface area contributed by atoms with Crippen molar-refractivity contribution < 1.29 is 9.90 Å². The van der Waals surface area contributed by atoms with E-state index in [2.05, 4.69) is 15.4 Å². The van der Waals surface area contributed by atoms with Gasteiger partial charge in [0, 0.05) is 4.90 Å². The summed E-state index contributed by atoms with van der Waals surface area (Å²) in [6.45, 7) is 0. The van der Waals surface area contributed by atoms with E-state index in [9.17, 15) is 4.79 Å². The Kier molecular flexibility index (Phi) is 3.38. The van der Waals surface area contributed by atoms with Gasteiger partial charge in [0.2, 0.25) is 0 Å². The molecule has 1 heterocycles. The summed E-state index contributed by atoms with van der Waals surface area (Å²) < 4.78 is 0. The Labute approximate surface area is 102 Å².